The Kier molecular flexibility index (Phi) is 4.00. The standard InChI is InChI=1S/C14H13Cl2NO/c1-17(10-3-6-12(18-2)7-4-10)11-5-8-13(15)14(16)9-11/h3-9H,1-2H3. The van der Waals surface area contributed by atoms with Crippen molar-refractivity contribution in [2.45, 2.75) is 0 Å². The molecule has 0 fully saturated rings. The van der Waals surface area contributed by atoms with Crippen LogP contribution in [0.2, 0.25) is 10.0 Å². The van der Waals surface area contributed by atoms with Crippen molar-refractivity contribution in [3.05, 3.63) is 52.5 Å². The Morgan fingerprint density at radius 2 is 1.50 bits per heavy atom. The quantitative estimate of drug-likeness (QED) is 0.804. The Morgan fingerprint density at radius 1 is 0.889 bits per heavy atom. The van der Waals surface area contributed by atoms with E-state index >= 15 is 0 Å². The first-order chi connectivity index (χ1) is 8.61. The fourth-order valence-corrected chi connectivity index (χ4v) is 1.94. The van der Waals surface area contributed by atoms with Crippen molar-refractivity contribution >= 4 is 34.6 Å². The largest absolute Gasteiger partial charge is 0.497 e. The highest BCUT2D eigenvalue weighted by molar-refractivity contribution is 6.42. The second kappa shape index (κ2) is 5.51. The number of benzene rings is 2. The highest BCUT2D eigenvalue weighted by Gasteiger charge is 2.06. The lowest BCUT2D eigenvalue weighted by Crippen LogP contribution is -2.09. The lowest BCUT2D eigenvalue weighted by molar-refractivity contribution is 0.415. The lowest BCUT2D eigenvalue weighted by atomic mass is 10.2. The second-order valence-corrected chi connectivity index (χ2v) is 4.67. The summed E-state index contributed by atoms with van der Waals surface area (Å²) in [5.41, 5.74) is 2.03. The fraction of sp³-hybridized carbons (Fsp3) is 0.143. The molecule has 18 heavy (non-hydrogen) atoms. The van der Waals surface area contributed by atoms with Crippen LogP contribution in [0.4, 0.5) is 11.4 Å². The molecule has 0 aliphatic rings. The SMILES string of the molecule is COc1ccc(N(C)c2ccc(Cl)c(Cl)c2)cc1. The summed E-state index contributed by atoms with van der Waals surface area (Å²) in [7, 11) is 3.62. The third-order valence-corrected chi connectivity index (χ3v) is 3.49. The molecule has 0 amide bonds. The van der Waals surface area contributed by atoms with Gasteiger partial charge in [0.2, 0.25) is 0 Å². The summed E-state index contributed by atoms with van der Waals surface area (Å²) in [6.07, 6.45) is 0. The molecule has 0 heterocycles. The smallest absolute Gasteiger partial charge is 0.119 e. The lowest BCUT2D eigenvalue weighted by Gasteiger charge is -2.20. The van der Waals surface area contributed by atoms with E-state index in [1.807, 2.05) is 48.3 Å². The van der Waals surface area contributed by atoms with Gasteiger partial charge in [-0.05, 0) is 42.5 Å². The summed E-state index contributed by atoms with van der Waals surface area (Å²) in [6.45, 7) is 0. The first kappa shape index (κ1) is 13.1. The van der Waals surface area contributed by atoms with Gasteiger partial charge in [0, 0.05) is 18.4 Å². The number of rotatable bonds is 3. The maximum absolute atomic E-state index is 6.01. The zero-order valence-electron chi connectivity index (χ0n) is 10.2. The van der Waals surface area contributed by atoms with Gasteiger partial charge in [0.25, 0.3) is 0 Å². The van der Waals surface area contributed by atoms with Gasteiger partial charge >= 0.3 is 0 Å². The van der Waals surface area contributed by atoms with E-state index < -0.39 is 0 Å². The Labute approximate surface area is 117 Å². The summed E-state index contributed by atoms with van der Waals surface area (Å²) >= 11 is 11.9. The van der Waals surface area contributed by atoms with E-state index in [0.717, 1.165) is 17.1 Å². The van der Waals surface area contributed by atoms with Crippen LogP contribution in [0.3, 0.4) is 0 Å². The topological polar surface area (TPSA) is 12.5 Å². The van der Waals surface area contributed by atoms with Crippen molar-refractivity contribution in [1.82, 2.24) is 0 Å². The summed E-state index contributed by atoms with van der Waals surface area (Å²) in [4.78, 5) is 2.03. The Balaban J connectivity index is 2.28. The van der Waals surface area contributed by atoms with Crippen LogP contribution in [-0.2, 0) is 0 Å². The van der Waals surface area contributed by atoms with Gasteiger partial charge in [-0.1, -0.05) is 23.2 Å². The van der Waals surface area contributed by atoms with Crippen molar-refractivity contribution in [3.63, 3.8) is 0 Å². The number of ether oxygens (including phenoxy) is 1. The van der Waals surface area contributed by atoms with Crippen molar-refractivity contribution in [1.29, 1.82) is 0 Å². The number of nitrogens with zero attached hydrogens (tertiary/aromatic N) is 1. The third-order valence-electron chi connectivity index (χ3n) is 2.75. The van der Waals surface area contributed by atoms with Crippen LogP contribution in [0, 0.1) is 0 Å². The van der Waals surface area contributed by atoms with Gasteiger partial charge in [0.05, 0.1) is 17.2 Å². The van der Waals surface area contributed by atoms with Gasteiger partial charge < -0.3 is 9.64 Å². The summed E-state index contributed by atoms with van der Waals surface area (Å²) in [5, 5.41) is 1.11. The first-order valence-electron chi connectivity index (χ1n) is 5.44. The molecule has 0 saturated heterocycles. The molecule has 0 saturated carbocycles. The average Bonchev–Trinajstić information content (AvgIpc) is 2.41. The molecule has 0 N–H and O–H groups in total. The van der Waals surface area contributed by atoms with Gasteiger partial charge in [-0.15, -0.1) is 0 Å². The number of anilines is 2. The average molecular weight is 282 g/mol. The van der Waals surface area contributed by atoms with Gasteiger partial charge in [0.1, 0.15) is 5.75 Å². The zero-order valence-corrected chi connectivity index (χ0v) is 11.7. The molecule has 4 heteroatoms. The molecule has 2 nitrogen and oxygen atoms in total. The molecule has 2 aromatic carbocycles. The monoisotopic (exact) mass is 281 g/mol. The number of halogens is 2. The van der Waals surface area contributed by atoms with Crippen LogP contribution < -0.4 is 9.64 Å². The molecule has 2 aromatic rings. The Morgan fingerprint density at radius 3 is 2.06 bits per heavy atom. The molecule has 0 aliphatic carbocycles. The van der Waals surface area contributed by atoms with E-state index in [1.54, 1.807) is 13.2 Å². The minimum absolute atomic E-state index is 0.550. The van der Waals surface area contributed by atoms with Crippen molar-refractivity contribution < 1.29 is 4.74 Å². The van der Waals surface area contributed by atoms with Crippen LogP contribution >= 0.6 is 23.2 Å². The van der Waals surface area contributed by atoms with E-state index in [1.165, 1.54) is 0 Å². The van der Waals surface area contributed by atoms with Crippen LogP contribution in [0.15, 0.2) is 42.5 Å². The van der Waals surface area contributed by atoms with E-state index in [4.69, 9.17) is 27.9 Å². The predicted molar refractivity (Wildman–Crippen MR) is 77.5 cm³/mol. The molecule has 0 aromatic heterocycles. The maximum Gasteiger partial charge on any atom is 0.119 e. The minimum Gasteiger partial charge on any atom is -0.497 e. The van der Waals surface area contributed by atoms with E-state index in [9.17, 15) is 0 Å². The van der Waals surface area contributed by atoms with Crippen molar-refractivity contribution in [2.24, 2.45) is 0 Å². The highest BCUT2D eigenvalue weighted by atomic mass is 35.5. The van der Waals surface area contributed by atoms with Crippen LogP contribution in [0.1, 0.15) is 0 Å². The molecular weight excluding hydrogens is 269 g/mol. The molecule has 0 radical (unpaired) electrons. The zero-order chi connectivity index (χ0) is 13.1. The Hall–Kier alpha value is -1.38. The first-order valence-corrected chi connectivity index (χ1v) is 6.20. The van der Waals surface area contributed by atoms with Gasteiger partial charge in [0.15, 0.2) is 0 Å². The second-order valence-electron chi connectivity index (χ2n) is 3.86. The van der Waals surface area contributed by atoms with E-state index in [2.05, 4.69) is 0 Å². The van der Waals surface area contributed by atoms with E-state index in [-0.39, 0.29) is 0 Å². The molecule has 0 unspecified atom stereocenters. The molecule has 0 bridgehead atoms. The molecule has 2 rings (SSSR count). The van der Waals surface area contributed by atoms with Gasteiger partial charge in [-0.3, -0.25) is 0 Å². The molecule has 0 atom stereocenters. The summed E-state index contributed by atoms with van der Waals surface area (Å²) in [6, 6.07) is 13.4. The molecular formula is C14H13Cl2NO. The highest BCUT2D eigenvalue weighted by Crippen LogP contribution is 2.30. The predicted octanol–water partition coefficient (Wildman–Crippen LogP) is 4.77. The maximum atomic E-state index is 6.01. The summed E-state index contributed by atoms with van der Waals surface area (Å²) < 4.78 is 5.13. The van der Waals surface area contributed by atoms with Crippen molar-refractivity contribution in [3.8, 4) is 5.75 Å². The van der Waals surface area contributed by atoms with Crippen LogP contribution in [-0.4, -0.2) is 14.2 Å². The molecule has 94 valence electrons. The van der Waals surface area contributed by atoms with E-state index in [0.29, 0.717) is 10.0 Å². The van der Waals surface area contributed by atoms with Crippen molar-refractivity contribution in [2.75, 3.05) is 19.1 Å². The fourth-order valence-electron chi connectivity index (χ4n) is 1.65. The third kappa shape index (κ3) is 2.71. The normalized spacial score (nSPS) is 10.2. The molecule has 0 spiro atoms. The summed E-state index contributed by atoms with van der Waals surface area (Å²) in [5.74, 6) is 0.835. The number of hydrogen-bond donors (Lipinski definition) is 0. The van der Waals surface area contributed by atoms with Gasteiger partial charge in [-0.2, -0.15) is 0 Å². The van der Waals surface area contributed by atoms with Crippen LogP contribution in [0.5, 0.6) is 5.75 Å². The Bertz CT molecular complexity index is 540. The minimum atomic E-state index is 0.550. The van der Waals surface area contributed by atoms with Gasteiger partial charge in [-0.25, -0.2) is 0 Å². The number of hydrogen-bond acceptors (Lipinski definition) is 2. The molecule has 0 aliphatic heterocycles. The number of methoxy groups -OCH3 is 1. The van der Waals surface area contributed by atoms with Crippen LogP contribution in [0.25, 0.3) is 0 Å².